The molecule has 21 heavy (non-hydrogen) atoms. The Kier molecular flexibility index (Phi) is 3.84. The van der Waals surface area contributed by atoms with Gasteiger partial charge < -0.3 is 9.84 Å². The highest BCUT2D eigenvalue weighted by Gasteiger charge is 2.17. The molecule has 1 aromatic carbocycles. The molecule has 0 spiro atoms. The number of hydrogen-bond donors (Lipinski definition) is 1. The number of ether oxygens (including phenoxy) is 1. The highest BCUT2D eigenvalue weighted by molar-refractivity contribution is 5.87. The Balaban J connectivity index is 2.39. The average Bonchev–Trinajstić information content (AvgIpc) is 2.42. The molecule has 0 fully saturated rings. The first-order chi connectivity index (χ1) is 9.88. The fourth-order valence-corrected chi connectivity index (χ4v) is 1.75. The number of carbonyl (C=O) groups is 1. The van der Waals surface area contributed by atoms with Gasteiger partial charge in [-0.3, -0.25) is 10.1 Å². The van der Waals surface area contributed by atoms with E-state index in [0.29, 0.717) is 5.56 Å². The minimum Gasteiger partial charge on any atom is -0.478 e. The maximum Gasteiger partial charge on any atom is 0.337 e. The average molecular weight is 288 g/mol. The number of rotatable bonds is 4. The zero-order valence-electron chi connectivity index (χ0n) is 11.4. The minimum absolute atomic E-state index is 0.0262. The van der Waals surface area contributed by atoms with Crippen LogP contribution >= 0.6 is 0 Å². The Hall–Kier alpha value is -2.96. The van der Waals surface area contributed by atoms with E-state index in [-0.39, 0.29) is 22.9 Å². The van der Waals surface area contributed by atoms with Crippen LogP contribution < -0.4 is 4.74 Å². The summed E-state index contributed by atoms with van der Waals surface area (Å²) in [6.07, 6.45) is 1.14. The van der Waals surface area contributed by atoms with Crippen molar-refractivity contribution in [3.8, 4) is 11.6 Å². The fraction of sp³-hybridized carbons (Fsp3) is 0.143. The van der Waals surface area contributed by atoms with Crippen LogP contribution in [0.15, 0.2) is 30.5 Å². The summed E-state index contributed by atoms with van der Waals surface area (Å²) in [5.41, 5.74) is 1.07. The Bertz CT molecular complexity index is 727. The predicted octanol–water partition coefficient (Wildman–Crippen LogP) is 3.10. The zero-order valence-corrected chi connectivity index (χ0v) is 11.4. The van der Waals surface area contributed by atoms with Crippen molar-refractivity contribution in [2.24, 2.45) is 0 Å². The Morgan fingerprint density at radius 3 is 2.62 bits per heavy atom. The first-order valence-electron chi connectivity index (χ1n) is 6.01. The van der Waals surface area contributed by atoms with Crippen molar-refractivity contribution in [3.05, 3.63) is 57.3 Å². The van der Waals surface area contributed by atoms with E-state index in [0.717, 1.165) is 11.8 Å². The number of nitro benzene ring substituents is 1. The summed E-state index contributed by atoms with van der Waals surface area (Å²) in [4.78, 5) is 25.2. The molecule has 0 radical (unpaired) electrons. The number of benzene rings is 1. The van der Waals surface area contributed by atoms with Crippen LogP contribution in [0.5, 0.6) is 11.6 Å². The van der Waals surface area contributed by atoms with Crippen molar-refractivity contribution in [2.45, 2.75) is 13.8 Å². The Morgan fingerprint density at radius 2 is 2.05 bits per heavy atom. The largest absolute Gasteiger partial charge is 0.478 e. The van der Waals surface area contributed by atoms with Crippen molar-refractivity contribution in [1.29, 1.82) is 0 Å². The summed E-state index contributed by atoms with van der Waals surface area (Å²) in [6.45, 7) is 3.36. The van der Waals surface area contributed by atoms with E-state index in [1.165, 1.54) is 18.2 Å². The number of nitrogens with zero attached hydrogens (tertiary/aromatic N) is 2. The van der Waals surface area contributed by atoms with E-state index in [1.54, 1.807) is 19.9 Å². The molecule has 0 amide bonds. The lowest BCUT2D eigenvalue weighted by molar-refractivity contribution is -0.385. The summed E-state index contributed by atoms with van der Waals surface area (Å²) in [6, 6.07) is 5.96. The molecule has 0 atom stereocenters. The standard InChI is InChI=1S/C14H12N2O5/c1-8-3-4-12(11(5-8)16(19)20)21-13-9(2)6-10(7-15-13)14(17)18/h3-7H,1-2H3,(H,17,18). The van der Waals surface area contributed by atoms with Crippen molar-refractivity contribution < 1.29 is 19.6 Å². The van der Waals surface area contributed by atoms with Crippen molar-refractivity contribution in [2.75, 3.05) is 0 Å². The number of pyridine rings is 1. The lowest BCUT2D eigenvalue weighted by Crippen LogP contribution is -2.01. The molecule has 1 aromatic heterocycles. The lowest BCUT2D eigenvalue weighted by atomic mass is 10.2. The second kappa shape index (κ2) is 5.58. The monoisotopic (exact) mass is 288 g/mol. The molecule has 0 saturated carbocycles. The molecular weight excluding hydrogens is 276 g/mol. The van der Waals surface area contributed by atoms with Gasteiger partial charge in [-0.1, -0.05) is 6.07 Å². The summed E-state index contributed by atoms with van der Waals surface area (Å²) in [7, 11) is 0. The molecule has 0 saturated heterocycles. The minimum atomic E-state index is -1.10. The molecule has 1 heterocycles. The van der Waals surface area contributed by atoms with Crippen LogP contribution in [-0.4, -0.2) is 21.0 Å². The molecule has 2 aromatic rings. The molecule has 2 rings (SSSR count). The van der Waals surface area contributed by atoms with E-state index >= 15 is 0 Å². The third-order valence-corrected chi connectivity index (χ3v) is 2.79. The quantitative estimate of drug-likeness (QED) is 0.685. The molecule has 0 aliphatic rings. The lowest BCUT2D eigenvalue weighted by Gasteiger charge is -2.08. The van der Waals surface area contributed by atoms with E-state index in [4.69, 9.17) is 9.84 Å². The van der Waals surface area contributed by atoms with E-state index in [9.17, 15) is 14.9 Å². The maximum atomic E-state index is 11.0. The summed E-state index contributed by atoms with van der Waals surface area (Å²) < 4.78 is 5.45. The summed E-state index contributed by atoms with van der Waals surface area (Å²) in [5.74, 6) is -0.908. The SMILES string of the molecule is Cc1ccc(Oc2ncc(C(=O)O)cc2C)c([N+](=O)[O-])c1. The number of aromatic nitrogens is 1. The number of nitro groups is 1. The van der Waals surface area contributed by atoms with Gasteiger partial charge in [-0.15, -0.1) is 0 Å². The van der Waals surface area contributed by atoms with Gasteiger partial charge in [0.25, 0.3) is 0 Å². The van der Waals surface area contributed by atoms with Gasteiger partial charge in [0.05, 0.1) is 10.5 Å². The van der Waals surface area contributed by atoms with Crippen molar-refractivity contribution in [3.63, 3.8) is 0 Å². The molecule has 1 N–H and O–H groups in total. The zero-order chi connectivity index (χ0) is 15.6. The van der Waals surface area contributed by atoms with Gasteiger partial charge in [0, 0.05) is 17.8 Å². The second-order valence-electron chi connectivity index (χ2n) is 4.48. The summed E-state index contributed by atoms with van der Waals surface area (Å²) >= 11 is 0. The van der Waals surface area contributed by atoms with Crippen LogP contribution in [-0.2, 0) is 0 Å². The van der Waals surface area contributed by atoms with Gasteiger partial charge in [-0.2, -0.15) is 0 Å². The topological polar surface area (TPSA) is 103 Å². The number of carboxylic acid groups (broad SMARTS) is 1. The molecule has 7 heteroatoms. The van der Waals surface area contributed by atoms with E-state index in [2.05, 4.69) is 4.98 Å². The normalized spacial score (nSPS) is 10.2. The van der Waals surface area contributed by atoms with Crippen molar-refractivity contribution >= 4 is 11.7 Å². The highest BCUT2D eigenvalue weighted by Crippen LogP contribution is 2.32. The maximum absolute atomic E-state index is 11.0. The van der Waals surface area contributed by atoms with Gasteiger partial charge in [-0.25, -0.2) is 9.78 Å². The number of aryl methyl sites for hydroxylation is 2. The van der Waals surface area contributed by atoms with Crippen LogP contribution in [0.4, 0.5) is 5.69 Å². The van der Waals surface area contributed by atoms with Crippen LogP contribution in [0, 0.1) is 24.0 Å². The molecule has 0 unspecified atom stereocenters. The predicted molar refractivity (Wildman–Crippen MR) is 73.8 cm³/mol. The number of carboxylic acids is 1. The van der Waals surface area contributed by atoms with Crippen LogP contribution in [0.25, 0.3) is 0 Å². The fourth-order valence-electron chi connectivity index (χ4n) is 1.75. The van der Waals surface area contributed by atoms with Gasteiger partial charge in [0.15, 0.2) is 0 Å². The molecular formula is C14H12N2O5. The highest BCUT2D eigenvalue weighted by atomic mass is 16.6. The Morgan fingerprint density at radius 1 is 1.33 bits per heavy atom. The third-order valence-electron chi connectivity index (χ3n) is 2.79. The third kappa shape index (κ3) is 3.14. The van der Waals surface area contributed by atoms with Gasteiger partial charge >= 0.3 is 11.7 Å². The van der Waals surface area contributed by atoms with Gasteiger partial charge in [-0.05, 0) is 31.5 Å². The van der Waals surface area contributed by atoms with Crippen LogP contribution in [0.1, 0.15) is 21.5 Å². The number of hydrogen-bond acceptors (Lipinski definition) is 5. The van der Waals surface area contributed by atoms with Crippen molar-refractivity contribution in [1.82, 2.24) is 4.98 Å². The van der Waals surface area contributed by atoms with E-state index < -0.39 is 10.9 Å². The van der Waals surface area contributed by atoms with Gasteiger partial charge in [0.2, 0.25) is 11.6 Å². The first-order valence-corrected chi connectivity index (χ1v) is 6.01. The summed E-state index contributed by atoms with van der Waals surface area (Å²) in [5, 5.41) is 19.9. The molecule has 0 aliphatic heterocycles. The smallest absolute Gasteiger partial charge is 0.337 e. The first kappa shape index (κ1) is 14.4. The molecule has 108 valence electrons. The van der Waals surface area contributed by atoms with Crippen LogP contribution in [0.2, 0.25) is 0 Å². The van der Waals surface area contributed by atoms with Gasteiger partial charge in [0.1, 0.15) is 0 Å². The number of aromatic carboxylic acids is 1. The van der Waals surface area contributed by atoms with Crippen LogP contribution in [0.3, 0.4) is 0 Å². The van der Waals surface area contributed by atoms with E-state index in [1.807, 2.05) is 0 Å². The molecule has 0 aliphatic carbocycles. The second-order valence-corrected chi connectivity index (χ2v) is 4.48. The molecule has 0 bridgehead atoms. The Labute approximate surface area is 120 Å². The molecule has 7 nitrogen and oxygen atoms in total.